The molecule has 1 aromatic rings. The number of rotatable bonds is 11. The fourth-order valence-corrected chi connectivity index (χ4v) is 3.48. The van der Waals surface area contributed by atoms with Gasteiger partial charge in [-0.3, -0.25) is 4.79 Å². The fraction of sp³-hybridized carbons (Fsp3) is 0.667. The van der Waals surface area contributed by atoms with Crippen LogP contribution in [-0.2, 0) is 20.8 Å². The molecule has 182 valence electrons. The van der Waals surface area contributed by atoms with Gasteiger partial charge in [0.05, 0.1) is 12.6 Å². The van der Waals surface area contributed by atoms with Crippen molar-refractivity contribution in [3.8, 4) is 0 Å². The average Bonchev–Trinajstić information content (AvgIpc) is 2.79. The van der Waals surface area contributed by atoms with Crippen LogP contribution in [0.3, 0.4) is 0 Å². The lowest BCUT2D eigenvalue weighted by molar-refractivity contribution is -0.119. The standard InChI is InChI=1S/C24H40N4O3.HI/c1-5-19(3)23(29)27-21-10-7-9-20(17-21)18-26-24(25-6-2)28-13-11-22(12-14-28)31-16-8-15-30-4;/h7,9-10,17,19,22H,5-6,8,11-16,18H2,1-4H3,(H,25,26)(H,27,29);1H. The average molecular weight is 561 g/mol. The maximum absolute atomic E-state index is 12.2. The van der Waals surface area contributed by atoms with Crippen molar-refractivity contribution in [2.24, 2.45) is 10.9 Å². The van der Waals surface area contributed by atoms with Gasteiger partial charge in [-0.15, -0.1) is 24.0 Å². The summed E-state index contributed by atoms with van der Waals surface area (Å²) in [5.41, 5.74) is 1.91. The Labute approximate surface area is 210 Å². The minimum atomic E-state index is 0. The predicted molar refractivity (Wildman–Crippen MR) is 142 cm³/mol. The van der Waals surface area contributed by atoms with E-state index in [4.69, 9.17) is 14.5 Å². The highest BCUT2D eigenvalue weighted by Crippen LogP contribution is 2.16. The van der Waals surface area contributed by atoms with Gasteiger partial charge in [0.1, 0.15) is 0 Å². The highest BCUT2D eigenvalue weighted by atomic mass is 127. The first kappa shape index (κ1) is 28.6. The van der Waals surface area contributed by atoms with E-state index in [1.54, 1.807) is 7.11 Å². The van der Waals surface area contributed by atoms with Gasteiger partial charge in [0.2, 0.25) is 5.91 Å². The van der Waals surface area contributed by atoms with Gasteiger partial charge in [-0.05, 0) is 50.3 Å². The first-order valence-electron chi connectivity index (χ1n) is 11.6. The van der Waals surface area contributed by atoms with Crippen molar-refractivity contribution in [3.63, 3.8) is 0 Å². The number of hydrogen-bond acceptors (Lipinski definition) is 4. The van der Waals surface area contributed by atoms with Crippen LogP contribution in [0.5, 0.6) is 0 Å². The van der Waals surface area contributed by atoms with Gasteiger partial charge in [0.15, 0.2) is 5.96 Å². The molecule has 1 fully saturated rings. The van der Waals surface area contributed by atoms with Gasteiger partial charge in [0, 0.05) is 51.6 Å². The van der Waals surface area contributed by atoms with Crippen molar-refractivity contribution in [1.82, 2.24) is 10.2 Å². The lowest BCUT2D eigenvalue weighted by Gasteiger charge is -2.34. The third-order valence-corrected chi connectivity index (χ3v) is 5.59. The van der Waals surface area contributed by atoms with Gasteiger partial charge in [-0.2, -0.15) is 0 Å². The zero-order chi connectivity index (χ0) is 22.5. The van der Waals surface area contributed by atoms with Crippen molar-refractivity contribution < 1.29 is 14.3 Å². The number of hydrogen-bond donors (Lipinski definition) is 2. The van der Waals surface area contributed by atoms with Crippen molar-refractivity contribution in [2.45, 2.75) is 59.1 Å². The SMILES string of the molecule is CCNC(=NCc1cccc(NC(=O)C(C)CC)c1)N1CCC(OCCCOC)CC1.I. The molecule has 1 aliphatic heterocycles. The van der Waals surface area contributed by atoms with Gasteiger partial charge >= 0.3 is 0 Å². The zero-order valence-corrected chi connectivity index (χ0v) is 22.4. The molecular formula is C24H41IN4O3. The smallest absolute Gasteiger partial charge is 0.227 e. The fourth-order valence-electron chi connectivity index (χ4n) is 3.48. The molecule has 1 aromatic carbocycles. The van der Waals surface area contributed by atoms with Crippen molar-refractivity contribution in [2.75, 3.05) is 45.3 Å². The zero-order valence-electron chi connectivity index (χ0n) is 20.1. The van der Waals surface area contributed by atoms with Gasteiger partial charge in [-0.25, -0.2) is 4.99 Å². The molecule has 1 saturated heterocycles. The maximum Gasteiger partial charge on any atom is 0.227 e. The van der Waals surface area contributed by atoms with E-state index in [1.165, 1.54) is 0 Å². The van der Waals surface area contributed by atoms with Crippen molar-refractivity contribution in [3.05, 3.63) is 29.8 Å². The van der Waals surface area contributed by atoms with E-state index in [-0.39, 0.29) is 35.8 Å². The molecule has 8 heteroatoms. The minimum absolute atomic E-state index is 0. The van der Waals surface area contributed by atoms with Crippen LogP contribution in [0.25, 0.3) is 0 Å². The highest BCUT2D eigenvalue weighted by molar-refractivity contribution is 14.0. The number of carbonyl (C=O) groups is 1. The molecule has 0 aromatic heterocycles. The number of methoxy groups -OCH3 is 1. The molecule has 1 aliphatic rings. The first-order chi connectivity index (χ1) is 15.1. The Balaban J connectivity index is 0.00000512. The number of aliphatic imine (C=N–C) groups is 1. The molecule has 0 aliphatic carbocycles. The molecule has 32 heavy (non-hydrogen) atoms. The van der Waals surface area contributed by atoms with E-state index in [9.17, 15) is 4.79 Å². The van der Waals surface area contributed by atoms with Crippen LogP contribution in [-0.4, -0.2) is 62.8 Å². The molecule has 1 heterocycles. The monoisotopic (exact) mass is 560 g/mol. The van der Waals surface area contributed by atoms with E-state index in [2.05, 4.69) is 22.5 Å². The summed E-state index contributed by atoms with van der Waals surface area (Å²) in [6.07, 6.45) is 4.11. The van der Waals surface area contributed by atoms with Crippen LogP contribution in [0, 0.1) is 5.92 Å². The summed E-state index contributed by atoms with van der Waals surface area (Å²) in [7, 11) is 1.72. The lowest BCUT2D eigenvalue weighted by Crippen LogP contribution is -2.47. The summed E-state index contributed by atoms with van der Waals surface area (Å²) in [4.78, 5) is 19.3. The molecule has 0 spiro atoms. The molecular weight excluding hydrogens is 519 g/mol. The molecule has 2 rings (SSSR count). The molecule has 1 atom stereocenters. The summed E-state index contributed by atoms with van der Waals surface area (Å²) < 4.78 is 11.0. The summed E-state index contributed by atoms with van der Waals surface area (Å²) in [6.45, 7) is 10.8. The highest BCUT2D eigenvalue weighted by Gasteiger charge is 2.21. The molecule has 7 nitrogen and oxygen atoms in total. The second-order valence-corrected chi connectivity index (χ2v) is 8.07. The van der Waals surface area contributed by atoms with Gasteiger partial charge in [-0.1, -0.05) is 26.0 Å². The van der Waals surface area contributed by atoms with Crippen LogP contribution in [0.2, 0.25) is 0 Å². The summed E-state index contributed by atoms with van der Waals surface area (Å²) in [5.74, 6) is 1.01. The van der Waals surface area contributed by atoms with Crippen LogP contribution in [0.1, 0.15) is 52.0 Å². The number of nitrogens with one attached hydrogen (secondary N) is 2. The molecule has 0 radical (unpaired) electrons. The number of piperidine rings is 1. The number of carbonyl (C=O) groups excluding carboxylic acids is 1. The first-order valence-corrected chi connectivity index (χ1v) is 11.6. The van der Waals surface area contributed by atoms with Gasteiger partial charge in [0.25, 0.3) is 0 Å². The Bertz CT molecular complexity index is 694. The Morgan fingerprint density at radius 1 is 1.25 bits per heavy atom. The second-order valence-electron chi connectivity index (χ2n) is 8.07. The Hall–Kier alpha value is -1.39. The number of ether oxygens (including phenoxy) is 2. The van der Waals surface area contributed by atoms with Crippen molar-refractivity contribution in [1.29, 1.82) is 0 Å². The number of anilines is 1. The molecule has 0 bridgehead atoms. The van der Waals surface area contributed by atoms with Crippen LogP contribution >= 0.6 is 24.0 Å². The van der Waals surface area contributed by atoms with Crippen LogP contribution in [0.15, 0.2) is 29.3 Å². The number of likely N-dealkylation sites (tertiary alicyclic amines) is 1. The molecule has 0 saturated carbocycles. The van der Waals surface area contributed by atoms with E-state index in [0.717, 1.165) is 75.7 Å². The predicted octanol–water partition coefficient (Wildman–Crippen LogP) is 4.27. The molecule has 1 amide bonds. The summed E-state index contributed by atoms with van der Waals surface area (Å²) in [6, 6.07) is 7.95. The number of guanidine groups is 1. The number of benzene rings is 1. The largest absolute Gasteiger partial charge is 0.385 e. The van der Waals surface area contributed by atoms with E-state index >= 15 is 0 Å². The quantitative estimate of drug-likeness (QED) is 0.183. The Kier molecular flexibility index (Phi) is 14.6. The number of halogens is 1. The lowest BCUT2D eigenvalue weighted by atomic mass is 10.1. The second kappa shape index (κ2) is 16.3. The summed E-state index contributed by atoms with van der Waals surface area (Å²) >= 11 is 0. The van der Waals surface area contributed by atoms with Crippen LogP contribution < -0.4 is 10.6 Å². The summed E-state index contributed by atoms with van der Waals surface area (Å²) in [5, 5.41) is 6.42. The van der Waals surface area contributed by atoms with E-state index in [0.29, 0.717) is 12.6 Å². The Morgan fingerprint density at radius 2 is 2.00 bits per heavy atom. The van der Waals surface area contributed by atoms with Crippen molar-refractivity contribution >= 4 is 41.5 Å². The third kappa shape index (κ3) is 10.0. The number of nitrogens with zero attached hydrogens (tertiary/aromatic N) is 2. The maximum atomic E-state index is 12.2. The molecule has 1 unspecified atom stereocenters. The van der Waals surface area contributed by atoms with Gasteiger partial charge < -0.3 is 25.0 Å². The normalized spacial score (nSPS) is 15.8. The minimum Gasteiger partial charge on any atom is -0.385 e. The number of amides is 1. The van der Waals surface area contributed by atoms with Crippen LogP contribution in [0.4, 0.5) is 5.69 Å². The van der Waals surface area contributed by atoms with E-state index in [1.807, 2.05) is 38.1 Å². The molecule has 2 N–H and O–H groups in total. The third-order valence-electron chi connectivity index (χ3n) is 5.59. The Morgan fingerprint density at radius 3 is 2.66 bits per heavy atom. The van der Waals surface area contributed by atoms with E-state index < -0.39 is 0 Å². The topological polar surface area (TPSA) is 75.2 Å².